The lowest BCUT2D eigenvalue weighted by molar-refractivity contribution is -0.112. The standard InChI is InChI=1S/C21H22N2O3S/c1-14(2)20-17-13-16(10-11-19(17)22(3)21(20)24)27(25,26)23-12-6-8-15-7-4-5-9-18(15)23/h4-5,7,9-11,13H,6,8,12H2,1-3H3. The molecule has 0 saturated carbocycles. The van der Waals surface area contributed by atoms with Crippen molar-refractivity contribution in [1.29, 1.82) is 0 Å². The third-order valence-corrected chi connectivity index (χ3v) is 7.08. The second-order valence-electron chi connectivity index (χ2n) is 7.23. The first-order valence-corrected chi connectivity index (χ1v) is 10.5. The number of allylic oxidation sites excluding steroid dienone is 1. The third kappa shape index (κ3) is 2.67. The van der Waals surface area contributed by atoms with Crippen molar-refractivity contribution in [3.05, 3.63) is 59.2 Å². The zero-order valence-electron chi connectivity index (χ0n) is 15.7. The molecule has 2 aliphatic rings. The number of carbonyl (C=O) groups excluding carboxylic acids is 1. The van der Waals surface area contributed by atoms with Gasteiger partial charge in [0, 0.05) is 24.7 Å². The van der Waals surface area contributed by atoms with Gasteiger partial charge < -0.3 is 4.90 Å². The van der Waals surface area contributed by atoms with Gasteiger partial charge in [0.25, 0.3) is 15.9 Å². The zero-order valence-corrected chi connectivity index (χ0v) is 16.5. The first-order valence-electron chi connectivity index (χ1n) is 9.03. The Morgan fingerprint density at radius 3 is 2.52 bits per heavy atom. The van der Waals surface area contributed by atoms with E-state index in [9.17, 15) is 13.2 Å². The minimum Gasteiger partial charge on any atom is -0.311 e. The van der Waals surface area contributed by atoms with Gasteiger partial charge in [-0.2, -0.15) is 0 Å². The van der Waals surface area contributed by atoms with Crippen LogP contribution in [0.3, 0.4) is 0 Å². The lowest BCUT2D eigenvalue weighted by Crippen LogP contribution is -2.35. The van der Waals surface area contributed by atoms with Crippen LogP contribution in [-0.4, -0.2) is 27.9 Å². The fourth-order valence-corrected chi connectivity index (χ4v) is 5.49. The number of sulfonamides is 1. The van der Waals surface area contributed by atoms with E-state index in [0.717, 1.165) is 35.4 Å². The van der Waals surface area contributed by atoms with Crippen molar-refractivity contribution in [2.45, 2.75) is 31.6 Å². The molecule has 2 aromatic rings. The number of hydrogen-bond donors (Lipinski definition) is 0. The molecule has 0 atom stereocenters. The molecule has 0 aromatic heterocycles. The lowest BCUT2D eigenvalue weighted by Gasteiger charge is -2.30. The highest BCUT2D eigenvalue weighted by Gasteiger charge is 2.34. The van der Waals surface area contributed by atoms with Crippen LogP contribution in [0.1, 0.15) is 31.4 Å². The van der Waals surface area contributed by atoms with E-state index in [2.05, 4.69) is 0 Å². The van der Waals surface area contributed by atoms with Gasteiger partial charge in [0.2, 0.25) is 0 Å². The highest BCUT2D eigenvalue weighted by Crippen LogP contribution is 2.40. The topological polar surface area (TPSA) is 57.7 Å². The summed E-state index contributed by atoms with van der Waals surface area (Å²) in [5.41, 5.74) is 4.70. The van der Waals surface area contributed by atoms with Crippen molar-refractivity contribution in [2.75, 3.05) is 22.8 Å². The van der Waals surface area contributed by atoms with E-state index in [-0.39, 0.29) is 10.8 Å². The van der Waals surface area contributed by atoms with Crippen LogP contribution in [0.5, 0.6) is 0 Å². The molecular formula is C21H22N2O3S. The number of likely N-dealkylation sites (N-methyl/N-ethyl adjacent to an activating group) is 1. The Morgan fingerprint density at radius 2 is 1.78 bits per heavy atom. The summed E-state index contributed by atoms with van der Waals surface area (Å²) in [6.07, 6.45) is 1.68. The molecule has 0 aliphatic carbocycles. The van der Waals surface area contributed by atoms with Gasteiger partial charge in [-0.3, -0.25) is 9.10 Å². The van der Waals surface area contributed by atoms with Crippen LogP contribution in [0.2, 0.25) is 0 Å². The largest absolute Gasteiger partial charge is 0.311 e. The van der Waals surface area contributed by atoms with Crippen LogP contribution in [0.4, 0.5) is 11.4 Å². The predicted molar refractivity (Wildman–Crippen MR) is 107 cm³/mol. The third-order valence-electron chi connectivity index (χ3n) is 5.27. The number of anilines is 2. The molecule has 0 radical (unpaired) electrons. The van der Waals surface area contributed by atoms with E-state index in [1.807, 2.05) is 38.1 Å². The Kier molecular flexibility index (Phi) is 4.11. The number of rotatable bonds is 2. The Morgan fingerprint density at radius 1 is 1.04 bits per heavy atom. The van der Waals surface area contributed by atoms with E-state index in [1.54, 1.807) is 30.1 Å². The first kappa shape index (κ1) is 17.8. The molecule has 0 spiro atoms. The molecule has 4 rings (SSSR count). The molecule has 2 heterocycles. The van der Waals surface area contributed by atoms with Crippen LogP contribution >= 0.6 is 0 Å². The molecule has 0 fully saturated rings. The van der Waals surface area contributed by atoms with Crippen molar-refractivity contribution in [3.63, 3.8) is 0 Å². The quantitative estimate of drug-likeness (QED) is 0.746. The monoisotopic (exact) mass is 382 g/mol. The second-order valence-corrected chi connectivity index (χ2v) is 9.09. The number of fused-ring (bicyclic) bond motifs is 2. The highest BCUT2D eigenvalue weighted by molar-refractivity contribution is 7.92. The zero-order chi connectivity index (χ0) is 19.3. The van der Waals surface area contributed by atoms with E-state index < -0.39 is 10.0 Å². The van der Waals surface area contributed by atoms with Crippen LogP contribution in [0.25, 0.3) is 5.57 Å². The van der Waals surface area contributed by atoms with E-state index in [0.29, 0.717) is 17.7 Å². The van der Waals surface area contributed by atoms with Crippen LogP contribution in [0.15, 0.2) is 52.9 Å². The average molecular weight is 382 g/mol. The number of carbonyl (C=O) groups is 1. The molecule has 6 heteroatoms. The van der Waals surface area contributed by atoms with Crippen molar-refractivity contribution in [2.24, 2.45) is 0 Å². The first-order chi connectivity index (χ1) is 12.8. The van der Waals surface area contributed by atoms with Gasteiger partial charge in [0.15, 0.2) is 0 Å². The second kappa shape index (κ2) is 6.23. The fourth-order valence-electron chi connectivity index (χ4n) is 3.92. The minimum atomic E-state index is -3.70. The van der Waals surface area contributed by atoms with Gasteiger partial charge in [-0.25, -0.2) is 8.42 Å². The lowest BCUT2D eigenvalue weighted by atomic mass is 10.0. The number of aryl methyl sites for hydroxylation is 1. The summed E-state index contributed by atoms with van der Waals surface area (Å²) in [7, 11) is -1.99. The van der Waals surface area contributed by atoms with Gasteiger partial charge in [-0.05, 0) is 56.5 Å². The van der Waals surface area contributed by atoms with Gasteiger partial charge in [-0.15, -0.1) is 0 Å². The van der Waals surface area contributed by atoms with Gasteiger partial charge >= 0.3 is 0 Å². The molecule has 2 aliphatic heterocycles. The van der Waals surface area contributed by atoms with Crippen molar-refractivity contribution in [3.8, 4) is 0 Å². The van der Waals surface area contributed by atoms with Crippen LogP contribution < -0.4 is 9.21 Å². The van der Waals surface area contributed by atoms with Crippen LogP contribution in [-0.2, 0) is 21.2 Å². The molecule has 1 amide bonds. The number of nitrogens with zero attached hydrogens (tertiary/aromatic N) is 2. The Bertz CT molecular complexity index is 1080. The number of hydrogen-bond acceptors (Lipinski definition) is 3. The summed E-state index contributed by atoms with van der Waals surface area (Å²) < 4.78 is 28.3. The van der Waals surface area contributed by atoms with Crippen molar-refractivity contribution in [1.82, 2.24) is 0 Å². The molecular weight excluding hydrogens is 360 g/mol. The molecule has 0 N–H and O–H groups in total. The Hall–Kier alpha value is -2.60. The maximum Gasteiger partial charge on any atom is 0.264 e. The van der Waals surface area contributed by atoms with Gasteiger partial charge in [0.05, 0.1) is 16.3 Å². The molecule has 2 aromatic carbocycles. The molecule has 5 nitrogen and oxygen atoms in total. The normalized spacial score (nSPS) is 16.4. The summed E-state index contributed by atoms with van der Waals surface area (Å²) in [5.74, 6) is -0.0946. The van der Waals surface area contributed by atoms with E-state index in [1.165, 1.54) is 4.31 Å². The highest BCUT2D eigenvalue weighted by atomic mass is 32.2. The number of para-hydroxylation sites is 1. The average Bonchev–Trinajstić information content (AvgIpc) is 2.91. The summed E-state index contributed by atoms with van der Waals surface area (Å²) in [6.45, 7) is 4.21. The summed E-state index contributed by atoms with van der Waals surface area (Å²) in [6, 6.07) is 12.6. The molecule has 0 saturated heterocycles. The van der Waals surface area contributed by atoms with Gasteiger partial charge in [0.1, 0.15) is 0 Å². The van der Waals surface area contributed by atoms with E-state index in [4.69, 9.17) is 0 Å². The number of amides is 1. The Balaban J connectivity index is 1.84. The summed E-state index contributed by atoms with van der Waals surface area (Å²) >= 11 is 0. The maximum atomic E-state index is 13.4. The smallest absolute Gasteiger partial charge is 0.264 e. The summed E-state index contributed by atoms with van der Waals surface area (Å²) in [5, 5.41) is 0. The molecule has 0 unspecified atom stereocenters. The fraction of sp³-hybridized carbons (Fsp3) is 0.286. The minimum absolute atomic E-state index is 0.0946. The molecule has 0 bridgehead atoms. The van der Waals surface area contributed by atoms with Crippen molar-refractivity contribution >= 4 is 32.9 Å². The molecule has 27 heavy (non-hydrogen) atoms. The maximum absolute atomic E-state index is 13.4. The SMILES string of the molecule is CC(C)=C1C(=O)N(C)c2ccc(S(=O)(=O)N3CCCc4ccccc43)cc21. The predicted octanol–water partition coefficient (Wildman–Crippen LogP) is 3.60. The van der Waals surface area contributed by atoms with Gasteiger partial charge in [-0.1, -0.05) is 23.8 Å². The summed E-state index contributed by atoms with van der Waals surface area (Å²) in [4.78, 5) is 14.3. The Labute approximate surface area is 160 Å². The van der Waals surface area contributed by atoms with Crippen LogP contribution in [0, 0.1) is 0 Å². The van der Waals surface area contributed by atoms with Crippen molar-refractivity contribution < 1.29 is 13.2 Å². The number of benzene rings is 2. The molecule has 140 valence electrons. The van der Waals surface area contributed by atoms with E-state index >= 15 is 0 Å².